The second-order valence-electron chi connectivity index (χ2n) is 5.97. The topological polar surface area (TPSA) is 36.9 Å². The Bertz CT molecular complexity index is 796. The Balaban J connectivity index is 1.60. The van der Waals surface area contributed by atoms with Crippen molar-refractivity contribution in [3.8, 4) is 0 Å². The first-order valence-electron chi connectivity index (χ1n) is 7.50. The quantitative estimate of drug-likeness (QED) is 0.783. The lowest BCUT2D eigenvalue weighted by atomic mass is 10.0. The Morgan fingerprint density at radius 3 is 2.95 bits per heavy atom. The van der Waals surface area contributed by atoms with E-state index < -0.39 is 0 Å². The maximum atomic E-state index is 4.34. The van der Waals surface area contributed by atoms with Gasteiger partial charge in [-0.25, -0.2) is 0 Å². The van der Waals surface area contributed by atoms with Crippen LogP contribution in [0.1, 0.15) is 22.5 Å². The Kier molecular flexibility index (Phi) is 2.86. The molecular formula is C17H20N4. The molecule has 1 N–H and O–H groups in total. The van der Waals surface area contributed by atoms with E-state index >= 15 is 0 Å². The molecule has 1 aromatic carbocycles. The SMILES string of the molecule is Cc1c(CN2CCc3c([nH]c4ccccc34)C2)cnn1C. The van der Waals surface area contributed by atoms with E-state index in [4.69, 9.17) is 0 Å². The Labute approximate surface area is 124 Å². The monoisotopic (exact) mass is 280 g/mol. The lowest BCUT2D eigenvalue weighted by Crippen LogP contribution is -2.30. The number of benzene rings is 1. The molecule has 0 amide bonds. The Morgan fingerprint density at radius 1 is 1.29 bits per heavy atom. The third-order valence-electron chi connectivity index (χ3n) is 4.69. The molecule has 2 aromatic heterocycles. The molecule has 1 aliphatic rings. The minimum absolute atomic E-state index is 0.981. The Hall–Kier alpha value is -2.07. The van der Waals surface area contributed by atoms with Crippen LogP contribution < -0.4 is 0 Å². The first kappa shape index (κ1) is 12.7. The van der Waals surface area contributed by atoms with Gasteiger partial charge in [-0.05, 0) is 25.0 Å². The summed E-state index contributed by atoms with van der Waals surface area (Å²) in [5.41, 5.74) is 6.74. The summed E-state index contributed by atoms with van der Waals surface area (Å²) >= 11 is 0. The fourth-order valence-corrected chi connectivity index (χ4v) is 3.32. The molecule has 21 heavy (non-hydrogen) atoms. The number of aromatic amines is 1. The molecule has 0 fully saturated rings. The number of hydrogen-bond acceptors (Lipinski definition) is 2. The molecule has 4 nitrogen and oxygen atoms in total. The summed E-state index contributed by atoms with van der Waals surface area (Å²) in [5, 5.41) is 5.74. The van der Waals surface area contributed by atoms with Gasteiger partial charge in [0.05, 0.1) is 6.20 Å². The van der Waals surface area contributed by atoms with Crippen LogP contribution in [0, 0.1) is 6.92 Å². The minimum atomic E-state index is 0.981. The van der Waals surface area contributed by atoms with Gasteiger partial charge in [0, 0.05) is 54.5 Å². The number of H-pyrrole nitrogens is 1. The summed E-state index contributed by atoms with van der Waals surface area (Å²) in [4.78, 5) is 6.09. The summed E-state index contributed by atoms with van der Waals surface area (Å²) in [5.74, 6) is 0. The summed E-state index contributed by atoms with van der Waals surface area (Å²) in [7, 11) is 2.00. The van der Waals surface area contributed by atoms with Crippen molar-refractivity contribution in [1.82, 2.24) is 19.7 Å². The van der Waals surface area contributed by atoms with Gasteiger partial charge in [0.25, 0.3) is 0 Å². The molecule has 0 spiro atoms. The van der Waals surface area contributed by atoms with E-state index in [1.807, 2.05) is 17.9 Å². The Morgan fingerprint density at radius 2 is 2.14 bits per heavy atom. The zero-order chi connectivity index (χ0) is 14.4. The molecule has 4 rings (SSSR count). The number of aromatic nitrogens is 3. The van der Waals surface area contributed by atoms with Crippen molar-refractivity contribution in [3.63, 3.8) is 0 Å². The molecule has 0 radical (unpaired) electrons. The second-order valence-corrected chi connectivity index (χ2v) is 5.97. The standard InChI is InChI=1S/C17H20N4/c1-12-13(9-18-20(12)2)10-21-8-7-15-14-5-3-4-6-16(14)19-17(15)11-21/h3-6,9,19H,7-8,10-11H2,1-2H3. The smallest absolute Gasteiger partial charge is 0.0537 e. The van der Waals surface area contributed by atoms with Crippen LogP contribution >= 0.6 is 0 Å². The molecule has 3 heterocycles. The van der Waals surface area contributed by atoms with E-state index in [-0.39, 0.29) is 0 Å². The predicted molar refractivity (Wildman–Crippen MR) is 84.1 cm³/mol. The van der Waals surface area contributed by atoms with Crippen LogP contribution in [-0.2, 0) is 26.6 Å². The molecule has 0 atom stereocenters. The second kappa shape index (κ2) is 4.74. The van der Waals surface area contributed by atoms with E-state index in [1.165, 1.54) is 33.4 Å². The lowest BCUT2D eigenvalue weighted by Gasteiger charge is -2.26. The molecule has 108 valence electrons. The summed E-state index contributed by atoms with van der Waals surface area (Å²) < 4.78 is 1.95. The van der Waals surface area contributed by atoms with E-state index in [2.05, 4.69) is 46.2 Å². The minimum Gasteiger partial charge on any atom is -0.357 e. The average Bonchev–Trinajstić information content (AvgIpc) is 3.01. The first-order chi connectivity index (χ1) is 10.2. The number of nitrogens with one attached hydrogen (secondary N) is 1. The molecular weight excluding hydrogens is 260 g/mol. The molecule has 0 saturated carbocycles. The van der Waals surface area contributed by atoms with Crippen LogP contribution in [0.2, 0.25) is 0 Å². The normalized spacial score (nSPS) is 15.5. The number of aryl methyl sites for hydroxylation is 1. The number of hydrogen-bond donors (Lipinski definition) is 1. The number of fused-ring (bicyclic) bond motifs is 3. The van der Waals surface area contributed by atoms with Crippen LogP contribution in [0.25, 0.3) is 10.9 Å². The van der Waals surface area contributed by atoms with E-state index in [1.54, 1.807) is 0 Å². The van der Waals surface area contributed by atoms with Crippen molar-refractivity contribution in [3.05, 3.63) is 53.0 Å². The van der Waals surface area contributed by atoms with Crippen molar-refractivity contribution >= 4 is 10.9 Å². The number of para-hydroxylation sites is 1. The van der Waals surface area contributed by atoms with Gasteiger partial charge in [0.1, 0.15) is 0 Å². The zero-order valence-corrected chi connectivity index (χ0v) is 12.6. The van der Waals surface area contributed by atoms with Gasteiger partial charge in [-0.15, -0.1) is 0 Å². The largest absolute Gasteiger partial charge is 0.357 e. The van der Waals surface area contributed by atoms with Crippen molar-refractivity contribution < 1.29 is 0 Å². The molecule has 0 bridgehead atoms. The molecule has 0 unspecified atom stereocenters. The predicted octanol–water partition coefficient (Wildman–Crippen LogP) is 2.77. The fraction of sp³-hybridized carbons (Fsp3) is 0.353. The molecule has 0 saturated heterocycles. The number of nitrogens with zero attached hydrogens (tertiary/aromatic N) is 3. The van der Waals surface area contributed by atoms with E-state index in [0.717, 1.165) is 26.1 Å². The molecule has 0 aliphatic carbocycles. The van der Waals surface area contributed by atoms with Gasteiger partial charge < -0.3 is 4.98 Å². The highest BCUT2D eigenvalue weighted by Crippen LogP contribution is 2.28. The highest BCUT2D eigenvalue weighted by atomic mass is 15.3. The summed E-state index contributed by atoms with van der Waals surface area (Å²) in [6.45, 7) is 5.23. The van der Waals surface area contributed by atoms with Crippen LogP contribution in [0.15, 0.2) is 30.5 Å². The van der Waals surface area contributed by atoms with E-state index in [9.17, 15) is 0 Å². The van der Waals surface area contributed by atoms with Crippen molar-refractivity contribution in [1.29, 1.82) is 0 Å². The van der Waals surface area contributed by atoms with Crippen LogP contribution in [0.4, 0.5) is 0 Å². The lowest BCUT2D eigenvalue weighted by molar-refractivity contribution is 0.243. The van der Waals surface area contributed by atoms with Gasteiger partial charge >= 0.3 is 0 Å². The fourth-order valence-electron chi connectivity index (χ4n) is 3.32. The van der Waals surface area contributed by atoms with Crippen molar-refractivity contribution in [2.45, 2.75) is 26.4 Å². The van der Waals surface area contributed by atoms with Crippen LogP contribution in [0.5, 0.6) is 0 Å². The maximum Gasteiger partial charge on any atom is 0.0537 e. The first-order valence-corrected chi connectivity index (χ1v) is 7.50. The number of rotatable bonds is 2. The van der Waals surface area contributed by atoms with Gasteiger partial charge in [-0.1, -0.05) is 18.2 Å². The summed E-state index contributed by atoms with van der Waals surface area (Å²) in [6, 6.07) is 8.62. The molecule has 3 aromatic rings. The van der Waals surface area contributed by atoms with Crippen LogP contribution in [0.3, 0.4) is 0 Å². The highest BCUT2D eigenvalue weighted by molar-refractivity contribution is 5.84. The van der Waals surface area contributed by atoms with Gasteiger partial charge in [0.2, 0.25) is 0 Å². The maximum absolute atomic E-state index is 4.34. The van der Waals surface area contributed by atoms with Gasteiger partial charge in [-0.3, -0.25) is 9.58 Å². The molecule has 1 aliphatic heterocycles. The molecule has 4 heteroatoms. The third kappa shape index (κ3) is 2.07. The third-order valence-corrected chi connectivity index (χ3v) is 4.69. The van der Waals surface area contributed by atoms with Gasteiger partial charge in [0.15, 0.2) is 0 Å². The highest BCUT2D eigenvalue weighted by Gasteiger charge is 2.21. The average molecular weight is 280 g/mol. The van der Waals surface area contributed by atoms with Crippen molar-refractivity contribution in [2.75, 3.05) is 6.54 Å². The van der Waals surface area contributed by atoms with Gasteiger partial charge in [-0.2, -0.15) is 5.10 Å². The van der Waals surface area contributed by atoms with Crippen molar-refractivity contribution in [2.24, 2.45) is 7.05 Å². The summed E-state index contributed by atoms with van der Waals surface area (Å²) in [6.07, 6.45) is 3.12. The zero-order valence-electron chi connectivity index (χ0n) is 12.6. The van der Waals surface area contributed by atoms with E-state index in [0.29, 0.717) is 0 Å². The van der Waals surface area contributed by atoms with Crippen LogP contribution in [-0.4, -0.2) is 26.2 Å².